The predicted octanol–water partition coefficient (Wildman–Crippen LogP) is 7.42. The minimum absolute atomic E-state index is 0.504. The molecule has 0 bridgehead atoms. The van der Waals surface area contributed by atoms with Crippen molar-refractivity contribution in [3.63, 3.8) is 0 Å². The Labute approximate surface area is 151 Å². The molecular formula is C22H42S. The fourth-order valence-corrected chi connectivity index (χ4v) is 7.00. The Morgan fingerprint density at radius 3 is 1.30 bits per heavy atom. The summed E-state index contributed by atoms with van der Waals surface area (Å²) in [5.74, 6) is 6.71. The van der Waals surface area contributed by atoms with Gasteiger partial charge < -0.3 is 0 Å². The lowest BCUT2D eigenvalue weighted by molar-refractivity contribution is 0.119. The topological polar surface area (TPSA) is 0 Å². The van der Waals surface area contributed by atoms with E-state index in [0.29, 0.717) is 10.8 Å². The van der Waals surface area contributed by atoms with Gasteiger partial charge in [-0.2, -0.15) is 11.8 Å². The molecule has 4 unspecified atom stereocenters. The van der Waals surface area contributed by atoms with Crippen molar-refractivity contribution in [3.05, 3.63) is 0 Å². The van der Waals surface area contributed by atoms with E-state index in [1.54, 1.807) is 0 Å². The van der Waals surface area contributed by atoms with Crippen LogP contribution in [0, 0.1) is 34.5 Å². The molecule has 2 saturated carbocycles. The smallest absolute Gasteiger partial charge is 0.00362 e. The largest absolute Gasteiger partial charge is 0.161 e. The molecule has 2 rings (SSSR count). The maximum Gasteiger partial charge on any atom is -0.00362 e. The first kappa shape index (κ1) is 19.7. The maximum absolute atomic E-state index is 2.47. The summed E-state index contributed by atoms with van der Waals surface area (Å²) in [7, 11) is 0. The lowest BCUT2D eigenvalue weighted by atomic mass is 9.67. The first-order valence-electron chi connectivity index (χ1n) is 10.3. The minimum Gasteiger partial charge on any atom is -0.161 e. The van der Waals surface area contributed by atoms with E-state index in [1.807, 2.05) is 0 Å². The van der Waals surface area contributed by atoms with E-state index in [4.69, 9.17) is 0 Å². The highest BCUT2D eigenvalue weighted by Crippen LogP contribution is 2.45. The molecule has 0 aromatic heterocycles. The zero-order valence-corrected chi connectivity index (χ0v) is 17.6. The molecule has 2 aliphatic rings. The first-order chi connectivity index (χ1) is 10.7. The van der Waals surface area contributed by atoms with Crippen LogP contribution in [-0.2, 0) is 0 Å². The molecule has 0 saturated heterocycles. The van der Waals surface area contributed by atoms with Gasteiger partial charge in [-0.1, -0.05) is 67.2 Å². The Hall–Kier alpha value is 0.350. The van der Waals surface area contributed by atoms with Crippen LogP contribution < -0.4 is 0 Å². The SMILES string of the molecule is CC(C)(C)C1CCCCC1CSCC1CCCCC1C(C)(C)C. The molecular weight excluding hydrogens is 296 g/mol. The minimum atomic E-state index is 0.504. The standard InChI is InChI=1S/C22H42S/c1-21(2,3)19-13-9-7-11-17(19)15-23-16-18-12-8-10-14-20(18)22(4,5)6/h17-20H,7-16H2,1-6H3. The molecule has 0 heterocycles. The fourth-order valence-electron chi connectivity index (χ4n) is 5.47. The van der Waals surface area contributed by atoms with Gasteiger partial charge in [0.15, 0.2) is 0 Å². The van der Waals surface area contributed by atoms with Crippen molar-refractivity contribution in [2.75, 3.05) is 11.5 Å². The van der Waals surface area contributed by atoms with Gasteiger partial charge in [0.05, 0.1) is 0 Å². The van der Waals surface area contributed by atoms with Crippen LogP contribution in [0.25, 0.3) is 0 Å². The average molecular weight is 339 g/mol. The summed E-state index contributed by atoms with van der Waals surface area (Å²) >= 11 is 2.31. The van der Waals surface area contributed by atoms with Crippen LogP contribution in [0.15, 0.2) is 0 Å². The van der Waals surface area contributed by atoms with E-state index in [1.165, 1.54) is 62.9 Å². The lowest BCUT2D eigenvalue weighted by Crippen LogP contribution is -2.34. The second-order valence-corrected chi connectivity index (χ2v) is 11.6. The van der Waals surface area contributed by atoms with E-state index < -0.39 is 0 Å². The Bertz CT molecular complexity index is 312. The molecule has 0 aliphatic heterocycles. The van der Waals surface area contributed by atoms with E-state index in [-0.39, 0.29) is 0 Å². The molecule has 136 valence electrons. The molecule has 4 atom stereocenters. The molecule has 0 aromatic carbocycles. The molecule has 0 spiro atoms. The number of hydrogen-bond acceptors (Lipinski definition) is 1. The van der Waals surface area contributed by atoms with Crippen LogP contribution in [0.1, 0.15) is 92.9 Å². The van der Waals surface area contributed by atoms with Gasteiger partial charge in [-0.05, 0) is 71.7 Å². The fraction of sp³-hybridized carbons (Fsp3) is 1.00. The molecule has 23 heavy (non-hydrogen) atoms. The van der Waals surface area contributed by atoms with Crippen LogP contribution >= 0.6 is 11.8 Å². The van der Waals surface area contributed by atoms with Gasteiger partial charge >= 0.3 is 0 Å². The van der Waals surface area contributed by atoms with Crippen LogP contribution in [0.2, 0.25) is 0 Å². The van der Waals surface area contributed by atoms with Crippen LogP contribution in [0.5, 0.6) is 0 Å². The van der Waals surface area contributed by atoms with Gasteiger partial charge in [-0.25, -0.2) is 0 Å². The monoisotopic (exact) mass is 338 g/mol. The molecule has 2 aliphatic carbocycles. The summed E-state index contributed by atoms with van der Waals surface area (Å²) in [6, 6.07) is 0. The Morgan fingerprint density at radius 1 is 0.609 bits per heavy atom. The molecule has 1 heteroatoms. The van der Waals surface area contributed by atoms with Crippen molar-refractivity contribution in [2.24, 2.45) is 34.5 Å². The summed E-state index contributed by atoms with van der Waals surface area (Å²) in [6.07, 6.45) is 11.8. The Balaban J connectivity index is 1.85. The van der Waals surface area contributed by atoms with Gasteiger partial charge in [0, 0.05) is 0 Å². The van der Waals surface area contributed by atoms with E-state index in [9.17, 15) is 0 Å². The van der Waals surface area contributed by atoms with Gasteiger partial charge in [0.1, 0.15) is 0 Å². The van der Waals surface area contributed by atoms with Gasteiger partial charge in [-0.3, -0.25) is 0 Å². The Kier molecular flexibility index (Phi) is 6.97. The third-order valence-corrected chi connectivity index (χ3v) is 8.03. The first-order valence-corrected chi connectivity index (χ1v) is 11.4. The third kappa shape index (κ3) is 5.68. The third-order valence-electron chi connectivity index (χ3n) is 6.71. The van der Waals surface area contributed by atoms with Gasteiger partial charge in [0.2, 0.25) is 0 Å². The number of hydrogen-bond donors (Lipinski definition) is 0. The molecule has 0 nitrogen and oxygen atoms in total. The van der Waals surface area contributed by atoms with Gasteiger partial charge in [-0.15, -0.1) is 0 Å². The zero-order valence-electron chi connectivity index (χ0n) is 16.8. The van der Waals surface area contributed by atoms with Crippen molar-refractivity contribution < 1.29 is 0 Å². The van der Waals surface area contributed by atoms with Crippen molar-refractivity contribution in [3.8, 4) is 0 Å². The summed E-state index contributed by atoms with van der Waals surface area (Å²) in [5, 5.41) is 0. The lowest BCUT2D eigenvalue weighted by Gasteiger charge is -2.42. The van der Waals surface area contributed by atoms with Crippen molar-refractivity contribution in [1.29, 1.82) is 0 Å². The van der Waals surface area contributed by atoms with Crippen LogP contribution in [0.4, 0.5) is 0 Å². The summed E-state index contributed by atoms with van der Waals surface area (Å²) in [5.41, 5.74) is 1.01. The second kappa shape index (κ2) is 8.15. The molecule has 0 amide bonds. The van der Waals surface area contributed by atoms with Crippen molar-refractivity contribution >= 4 is 11.8 Å². The highest BCUT2D eigenvalue weighted by molar-refractivity contribution is 7.99. The Morgan fingerprint density at radius 2 is 0.957 bits per heavy atom. The number of thioether (sulfide) groups is 1. The van der Waals surface area contributed by atoms with Crippen molar-refractivity contribution in [1.82, 2.24) is 0 Å². The highest BCUT2D eigenvalue weighted by Gasteiger charge is 2.36. The van der Waals surface area contributed by atoms with Crippen molar-refractivity contribution in [2.45, 2.75) is 92.9 Å². The highest BCUT2D eigenvalue weighted by atomic mass is 32.2. The van der Waals surface area contributed by atoms with E-state index in [2.05, 4.69) is 53.3 Å². The summed E-state index contributed by atoms with van der Waals surface area (Å²) in [4.78, 5) is 0. The number of rotatable bonds is 4. The predicted molar refractivity (Wildman–Crippen MR) is 107 cm³/mol. The van der Waals surface area contributed by atoms with E-state index >= 15 is 0 Å². The van der Waals surface area contributed by atoms with E-state index in [0.717, 1.165) is 23.7 Å². The molecule has 0 aromatic rings. The van der Waals surface area contributed by atoms with Gasteiger partial charge in [0.25, 0.3) is 0 Å². The average Bonchev–Trinajstić information content (AvgIpc) is 2.46. The quantitative estimate of drug-likeness (QED) is 0.513. The molecule has 0 radical (unpaired) electrons. The normalized spacial score (nSPS) is 33.7. The second-order valence-electron chi connectivity index (χ2n) is 10.6. The summed E-state index contributed by atoms with van der Waals surface area (Å²) < 4.78 is 0. The zero-order chi connectivity index (χ0) is 17.1. The molecule has 2 fully saturated rings. The molecule has 0 N–H and O–H groups in total. The van der Waals surface area contributed by atoms with Crippen LogP contribution in [0.3, 0.4) is 0 Å². The van der Waals surface area contributed by atoms with Crippen LogP contribution in [-0.4, -0.2) is 11.5 Å². The summed E-state index contributed by atoms with van der Waals surface area (Å²) in [6.45, 7) is 14.8. The maximum atomic E-state index is 2.47.